The molecule has 0 heterocycles. The zero-order valence-corrected chi connectivity index (χ0v) is 11.5. The van der Waals surface area contributed by atoms with Crippen molar-refractivity contribution in [1.82, 2.24) is 0 Å². The molecule has 0 bridgehead atoms. The Kier molecular flexibility index (Phi) is 5.15. The number of benzene rings is 1. The molecule has 0 spiro atoms. The van der Waals surface area contributed by atoms with Gasteiger partial charge in [-0.3, -0.25) is 9.59 Å². The van der Waals surface area contributed by atoms with Crippen LogP contribution >= 0.6 is 15.9 Å². The van der Waals surface area contributed by atoms with Crippen molar-refractivity contribution < 1.29 is 14.7 Å². The third-order valence-corrected chi connectivity index (χ3v) is 3.29. The van der Waals surface area contributed by atoms with Gasteiger partial charge in [0.1, 0.15) is 0 Å². The highest BCUT2D eigenvalue weighted by Gasteiger charge is 2.14. The highest BCUT2D eigenvalue weighted by molar-refractivity contribution is 9.10. The van der Waals surface area contributed by atoms with Gasteiger partial charge in [0.05, 0.1) is 11.5 Å². The molecule has 1 unspecified atom stereocenters. The summed E-state index contributed by atoms with van der Waals surface area (Å²) in [6.45, 7) is 2.17. The third-order valence-electron chi connectivity index (χ3n) is 2.63. The number of anilines is 1. The number of halogens is 1. The quantitative estimate of drug-likeness (QED) is 0.749. The molecular formula is C12H15BrN2O3. The molecule has 0 radical (unpaired) electrons. The number of carbonyl (C=O) groups is 2. The summed E-state index contributed by atoms with van der Waals surface area (Å²) in [6.07, 6.45) is 0.558. The second-order valence-corrected chi connectivity index (χ2v) is 4.74. The van der Waals surface area contributed by atoms with E-state index >= 15 is 0 Å². The Morgan fingerprint density at radius 1 is 1.50 bits per heavy atom. The van der Waals surface area contributed by atoms with Gasteiger partial charge in [-0.15, -0.1) is 0 Å². The van der Waals surface area contributed by atoms with Crippen LogP contribution in [0.5, 0.6) is 0 Å². The van der Waals surface area contributed by atoms with Crippen LogP contribution in [0, 0.1) is 5.92 Å². The number of hydrogen-bond donors (Lipinski definition) is 3. The van der Waals surface area contributed by atoms with Gasteiger partial charge in [-0.05, 0) is 40.5 Å². The number of hydrogen-bond acceptors (Lipinski definition) is 3. The summed E-state index contributed by atoms with van der Waals surface area (Å²) >= 11 is 3.24. The van der Waals surface area contributed by atoms with E-state index in [4.69, 9.17) is 10.8 Å². The number of amides is 1. The van der Waals surface area contributed by atoms with Gasteiger partial charge in [-0.25, -0.2) is 0 Å². The number of rotatable bonds is 6. The molecule has 1 aromatic rings. The number of nitrogens with one attached hydrogen (secondary N) is 1. The lowest BCUT2D eigenvalue weighted by Crippen LogP contribution is -2.22. The first-order valence-corrected chi connectivity index (χ1v) is 6.31. The van der Waals surface area contributed by atoms with Gasteiger partial charge >= 0.3 is 5.97 Å². The Morgan fingerprint density at radius 2 is 2.17 bits per heavy atom. The van der Waals surface area contributed by atoms with Gasteiger partial charge in [0.2, 0.25) is 5.91 Å². The van der Waals surface area contributed by atoms with E-state index in [-0.39, 0.29) is 0 Å². The Hall–Kier alpha value is -1.56. The van der Waals surface area contributed by atoms with Crippen molar-refractivity contribution in [1.29, 1.82) is 0 Å². The van der Waals surface area contributed by atoms with Crippen molar-refractivity contribution in [2.45, 2.75) is 13.3 Å². The average Bonchev–Trinajstić information content (AvgIpc) is 2.28. The molecule has 1 amide bonds. The second kappa shape index (κ2) is 6.39. The molecule has 1 atom stereocenters. The van der Waals surface area contributed by atoms with Crippen LogP contribution in [0.25, 0.3) is 0 Å². The van der Waals surface area contributed by atoms with E-state index in [2.05, 4.69) is 21.2 Å². The highest BCUT2D eigenvalue weighted by Crippen LogP contribution is 2.21. The molecule has 18 heavy (non-hydrogen) atoms. The maximum atomic E-state index is 11.0. The first-order chi connectivity index (χ1) is 8.45. The summed E-state index contributed by atoms with van der Waals surface area (Å²) in [5.74, 6) is -1.76. The molecule has 0 fully saturated rings. The predicted molar refractivity (Wildman–Crippen MR) is 72.6 cm³/mol. The molecule has 5 nitrogen and oxygen atoms in total. The van der Waals surface area contributed by atoms with Gasteiger partial charge in [0, 0.05) is 16.7 Å². The zero-order chi connectivity index (χ0) is 13.7. The Balaban J connectivity index is 2.72. The minimum absolute atomic E-state index is 0.341. The minimum Gasteiger partial charge on any atom is -0.481 e. The topological polar surface area (TPSA) is 92.4 Å². The average molecular weight is 315 g/mol. The second-order valence-electron chi connectivity index (χ2n) is 3.88. The number of carbonyl (C=O) groups excluding carboxylic acids is 1. The molecule has 0 aliphatic carbocycles. The van der Waals surface area contributed by atoms with Crippen LogP contribution in [0.15, 0.2) is 22.7 Å². The van der Waals surface area contributed by atoms with Crippen LogP contribution < -0.4 is 11.1 Å². The highest BCUT2D eigenvalue weighted by atomic mass is 79.9. The fourth-order valence-electron chi connectivity index (χ4n) is 1.47. The van der Waals surface area contributed by atoms with Crippen molar-refractivity contribution in [3.8, 4) is 0 Å². The van der Waals surface area contributed by atoms with E-state index in [1.54, 1.807) is 18.2 Å². The number of primary amides is 1. The molecule has 0 aromatic heterocycles. The molecule has 0 aliphatic rings. The van der Waals surface area contributed by atoms with E-state index in [1.165, 1.54) is 0 Å². The van der Waals surface area contributed by atoms with E-state index in [9.17, 15) is 9.59 Å². The molecule has 4 N–H and O–H groups in total. The first-order valence-electron chi connectivity index (χ1n) is 5.51. The van der Waals surface area contributed by atoms with Gasteiger partial charge in [0.25, 0.3) is 0 Å². The Bertz CT molecular complexity index is 463. The van der Waals surface area contributed by atoms with Gasteiger partial charge < -0.3 is 16.2 Å². The molecule has 98 valence electrons. The molecule has 0 aliphatic heterocycles. The first kappa shape index (κ1) is 14.5. The van der Waals surface area contributed by atoms with Crippen LogP contribution in [-0.2, 0) is 4.79 Å². The van der Waals surface area contributed by atoms with Crippen LogP contribution in [0.3, 0.4) is 0 Å². The van der Waals surface area contributed by atoms with Crippen molar-refractivity contribution in [3.05, 3.63) is 28.2 Å². The lowest BCUT2D eigenvalue weighted by molar-refractivity contribution is -0.141. The zero-order valence-electron chi connectivity index (χ0n) is 9.94. The van der Waals surface area contributed by atoms with Crippen LogP contribution in [0.1, 0.15) is 23.7 Å². The normalized spacial score (nSPS) is 11.9. The molecule has 1 rings (SSSR count). The largest absolute Gasteiger partial charge is 0.481 e. The monoisotopic (exact) mass is 314 g/mol. The van der Waals surface area contributed by atoms with Crippen LogP contribution in [-0.4, -0.2) is 23.5 Å². The van der Waals surface area contributed by atoms with Gasteiger partial charge in [0.15, 0.2) is 0 Å². The predicted octanol–water partition coefficient (Wildman–Crippen LogP) is 2.07. The number of carboxylic acids is 1. The summed E-state index contributed by atoms with van der Waals surface area (Å²) in [6, 6.07) is 4.99. The van der Waals surface area contributed by atoms with E-state index in [1.807, 2.05) is 6.92 Å². The summed E-state index contributed by atoms with van der Waals surface area (Å²) in [5, 5.41) is 11.9. The van der Waals surface area contributed by atoms with E-state index < -0.39 is 17.8 Å². The summed E-state index contributed by atoms with van der Waals surface area (Å²) in [7, 11) is 0. The maximum Gasteiger partial charge on any atom is 0.308 e. The fourth-order valence-corrected chi connectivity index (χ4v) is 2.05. The lowest BCUT2D eigenvalue weighted by Gasteiger charge is -2.13. The molecule has 6 heteroatoms. The Morgan fingerprint density at radius 3 is 2.61 bits per heavy atom. The summed E-state index contributed by atoms with van der Waals surface area (Å²) in [5.41, 5.74) is 6.32. The van der Waals surface area contributed by atoms with E-state index in [0.717, 1.165) is 5.69 Å². The maximum absolute atomic E-state index is 11.0. The molecule has 0 saturated carbocycles. The minimum atomic E-state index is -0.821. The van der Waals surface area contributed by atoms with Crippen molar-refractivity contribution in [3.63, 3.8) is 0 Å². The third kappa shape index (κ3) is 3.73. The summed E-state index contributed by atoms with van der Waals surface area (Å²) in [4.78, 5) is 21.9. The number of nitrogens with two attached hydrogens (primary N) is 1. The van der Waals surface area contributed by atoms with Crippen molar-refractivity contribution in [2.24, 2.45) is 11.7 Å². The van der Waals surface area contributed by atoms with Gasteiger partial charge in [-0.1, -0.05) is 6.92 Å². The standard InChI is InChI=1S/C12H15BrN2O3/c1-2-7(12(17)18)6-15-8-3-4-9(11(14)16)10(13)5-8/h3-5,7,15H,2,6H2,1H3,(H2,14,16)(H,17,18). The number of aliphatic carboxylic acids is 1. The molecule has 1 aromatic carbocycles. The van der Waals surface area contributed by atoms with Crippen molar-refractivity contribution >= 4 is 33.5 Å². The van der Waals surface area contributed by atoms with Crippen LogP contribution in [0.4, 0.5) is 5.69 Å². The molecular weight excluding hydrogens is 300 g/mol. The Labute approximate surface area is 113 Å². The summed E-state index contributed by atoms with van der Waals surface area (Å²) < 4.78 is 0.586. The lowest BCUT2D eigenvalue weighted by atomic mass is 10.1. The number of carboxylic acid groups (broad SMARTS) is 1. The van der Waals surface area contributed by atoms with Crippen LogP contribution in [0.2, 0.25) is 0 Å². The van der Waals surface area contributed by atoms with Crippen molar-refractivity contribution in [2.75, 3.05) is 11.9 Å². The fraction of sp³-hybridized carbons (Fsp3) is 0.333. The molecule has 0 saturated heterocycles. The van der Waals surface area contributed by atoms with E-state index in [0.29, 0.717) is 23.0 Å². The van der Waals surface area contributed by atoms with Gasteiger partial charge in [-0.2, -0.15) is 0 Å². The SMILES string of the molecule is CCC(CNc1ccc(C(N)=O)c(Br)c1)C(=O)O. The smallest absolute Gasteiger partial charge is 0.308 e.